The van der Waals surface area contributed by atoms with Gasteiger partial charge in [0, 0.05) is 43.1 Å². The first-order chi connectivity index (χ1) is 18.8. The fraction of sp³-hybridized carbons (Fsp3) is 0.379. The highest BCUT2D eigenvalue weighted by atomic mass is 19.1. The Morgan fingerprint density at radius 1 is 1.03 bits per heavy atom. The Morgan fingerprint density at radius 3 is 2.54 bits per heavy atom. The first-order valence-electron chi connectivity index (χ1n) is 13.2. The number of aromatic hydroxyl groups is 1. The van der Waals surface area contributed by atoms with E-state index in [9.17, 15) is 9.50 Å². The number of nitrogens with one attached hydrogen (secondary N) is 1. The standard InChI is InChI=1S/C29H28F3N5O2/c1-36-11-16(30)7-19(36)14-39-29-34-27-23(28(35-29)37-12-17-8-18(13-37)33-17)10-24(31)25(26(27)32)22-9-20(38)6-15-4-2-3-5-21(15)22/h2-6,9-10,16-19,33,38H,7-8,11-14H2,1H3/t16-,17-,18+,19+/m1/s1. The van der Waals surface area contributed by atoms with E-state index in [0.717, 1.165) is 6.42 Å². The number of piperazine rings is 1. The van der Waals surface area contributed by atoms with Crippen LogP contribution in [0, 0.1) is 11.6 Å². The Hall–Kier alpha value is -3.63. The molecule has 202 valence electrons. The maximum atomic E-state index is 16.4. The van der Waals surface area contributed by atoms with Gasteiger partial charge in [-0.2, -0.15) is 9.97 Å². The van der Waals surface area contributed by atoms with E-state index in [1.807, 2.05) is 16.8 Å². The number of anilines is 1. The number of ether oxygens (including phenoxy) is 1. The second-order valence-corrected chi connectivity index (χ2v) is 10.9. The summed E-state index contributed by atoms with van der Waals surface area (Å²) in [6.07, 6.45) is 0.467. The Morgan fingerprint density at radius 2 is 1.79 bits per heavy atom. The number of phenols is 1. The highest BCUT2D eigenvalue weighted by Gasteiger charge is 2.38. The van der Waals surface area contributed by atoms with Gasteiger partial charge in [0.1, 0.15) is 35.7 Å². The smallest absolute Gasteiger partial charge is 0.319 e. The van der Waals surface area contributed by atoms with Crippen LogP contribution in [0.25, 0.3) is 32.8 Å². The van der Waals surface area contributed by atoms with Crippen LogP contribution in [0.5, 0.6) is 11.8 Å². The third kappa shape index (κ3) is 4.22. The van der Waals surface area contributed by atoms with Crippen molar-refractivity contribution in [2.24, 2.45) is 0 Å². The zero-order valence-corrected chi connectivity index (χ0v) is 21.4. The molecular weight excluding hydrogens is 507 g/mol. The van der Waals surface area contributed by atoms with E-state index in [-0.39, 0.29) is 46.4 Å². The van der Waals surface area contributed by atoms with E-state index >= 15 is 8.78 Å². The van der Waals surface area contributed by atoms with E-state index in [4.69, 9.17) is 4.74 Å². The quantitative estimate of drug-likeness (QED) is 0.392. The van der Waals surface area contributed by atoms with Crippen molar-refractivity contribution in [2.75, 3.05) is 38.2 Å². The third-order valence-electron chi connectivity index (χ3n) is 8.22. The predicted molar refractivity (Wildman–Crippen MR) is 143 cm³/mol. The molecule has 1 aromatic heterocycles. The molecule has 0 aliphatic carbocycles. The van der Waals surface area contributed by atoms with Crippen LogP contribution in [-0.4, -0.2) is 77.6 Å². The number of likely N-dealkylation sites (N-methyl/N-ethyl adjacent to an activating group) is 1. The van der Waals surface area contributed by atoms with Crippen LogP contribution < -0.4 is 15.0 Å². The number of piperidine rings is 1. The summed E-state index contributed by atoms with van der Waals surface area (Å²) in [7, 11) is 1.83. The summed E-state index contributed by atoms with van der Waals surface area (Å²) < 4.78 is 52.0. The zero-order valence-electron chi connectivity index (χ0n) is 21.4. The molecule has 4 aromatic rings. The van der Waals surface area contributed by atoms with Gasteiger partial charge in [-0.3, -0.25) is 4.90 Å². The second kappa shape index (κ2) is 9.24. The largest absolute Gasteiger partial charge is 0.508 e. The fourth-order valence-corrected chi connectivity index (χ4v) is 6.28. The minimum atomic E-state index is -0.927. The summed E-state index contributed by atoms with van der Waals surface area (Å²) >= 11 is 0. The summed E-state index contributed by atoms with van der Waals surface area (Å²) in [4.78, 5) is 12.9. The lowest BCUT2D eigenvalue weighted by Gasteiger charge is -2.48. The summed E-state index contributed by atoms with van der Waals surface area (Å²) in [6.45, 7) is 1.79. The number of hydrogen-bond donors (Lipinski definition) is 2. The van der Waals surface area contributed by atoms with Crippen molar-refractivity contribution in [3.63, 3.8) is 0 Å². The molecule has 0 spiro atoms. The second-order valence-electron chi connectivity index (χ2n) is 10.9. The van der Waals surface area contributed by atoms with Crippen molar-refractivity contribution < 1.29 is 23.0 Å². The molecule has 7 nitrogen and oxygen atoms in total. The van der Waals surface area contributed by atoms with Crippen LogP contribution in [0.15, 0.2) is 42.5 Å². The first kappa shape index (κ1) is 24.4. The average Bonchev–Trinajstić information content (AvgIpc) is 3.23. The number of nitrogens with zero attached hydrogens (tertiary/aromatic N) is 4. The third-order valence-corrected chi connectivity index (χ3v) is 8.22. The maximum absolute atomic E-state index is 16.4. The zero-order chi connectivity index (χ0) is 26.8. The topological polar surface area (TPSA) is 73.8 Å². The van der Waals surface area contributed by atoms with Crippen LogP contribution in [0.2, 0.25) is 0 Å². The van der Waals surface area contributed by atoms with E-state index in [0.29, 0.717) is 54.7 Å². The Kier molecular flexibility index (Phi) is 5.78. The van der Waals surface area contributed by atoms with Crippen LogP contribution in [0.1, 0.15) is 12.8 Å². The lowest BCUT2D eigenvalue weighted by atomic mass is 9.91. The monoisotopic (exact) mass is 535 g/mol. The minimum absolute atomic E-state index is 0.0300. The molecule has 0 unspecified atom stereocenters. The summed E-state index contributed by atoms with van der Waals surface area (Å²) in [6, 6.07) is 11.7. The highest BCUT2D eigenvalue weighted by molar-refractivity contribution is 6.01. The van der Waals surface area contributed by atoms with Gasteiger partial charge in [-0.15, -0.1) is 0 Å². The van der Waals surface area contributed by atoms with Gasteiger partial charge in [0.15, 0.2) is 5.82 Å². The lowest BCUT2D eigenvalue weighted by Crippen LogP contribution is -2.67. The molecule has 4 fully saturated rings. The molecule has 0 saturated carbocycles. The molecule has 4 atom stereocenters. The molecule has 0 amide bonds. The number of aromatic nitrogens is 2. The predicted octanol–water partition coefficient (Wildman–Crippen LogP) is 4.41. The summed E-state index contributed by atoms with van der Waals surface area (Å²) in [5, 5.41) is 15.3. The molecule has 39 heavy (non-hydrogen) atoms. The van der Waals surface area contributed by atoms with Crippen molar-refractivity contribution in [1.82, 2.24) is 20.2 Å². The molecule has 2 bridgehead atoms. The van der Waals surface area contributed by atoms with Gasteiger partial charge in [0.05, 0.1) is 5.56 Å². The molecule has 4 saturated heterocycles. The fourth-order valence-electron chi connectivity index (χ4n) is 6.28. The van der Waals surface area contributed by atoms with Crippen LogP contribution in [0.4, 0.5) is 19.0 Å². The molecule has 4 aliphatic rings. The number of rotatable bonds is 5. The molecular formula is C29H28F3N5O2. The molecule has 0 radical (unpaired) electrons. The van der Waals surface area contributed by atoms with Crippen LogP contribution in [0.3, 0.4) is 0 Å². The molecule has 5 heterocycles. The van der Waals surface area contributed by atoms with Gasteiger partial charge >= 0.3 is 6.01 Å². The van der Waals surface area contributed by atoms with E-state index in [2.05, 4.69) is 15.3 Å². The normalized spacial score (nSPS) is 24.9. The van der Waals surface area contributed by atoms with Gasteiger partial charge in [-0.05, 0) is 54.4 Å². The molecule has 8 rings (SSSR count). The molecule has 2 N–H and O–H groups in total. The number of halogens is 3. The van der Waals surface area contributed by atoms with Crippen molar-refractivity contribution in [1.29, 1.82) is 0 Å². The highest BCUT2D eigenvalue weighted by Crippen LogP contribution is 2.40. The summed E-state index contributed by atoms with van der Waals surface area (Å²) in [5.74, 6) is -1.30. The van der Waals surface area contributed by atoms with Gasteiger partial charge in [-0.25, -0.2) is 13.2 Å². The summed E-state index contributed by atoms with van der Waals surface area (Å²) in [5.41, 5.74) is -0.103. The lowest BCUT2D eigenvalue weighted by molar-refractivity contribution is 0.187. The molecule has 4 aliphatic heterocycles. The number of hydrogen-bond acceptors (Lipinski definition) is 7. The number of phenolic OH excluding ortho intramolecular Hbond substituents is 1. The van der Waals surface area contributed by atoms with Crippen LogP contribution in [-0.2, 0) is 0 Å². The van der Waals surface area contributed by atoms with E-state index in [1.165, 1.54) is 12.1 Å². The van der Waals surface area contributed by atoms with Gasteiger partial charge in [0.25, 0.3) is 0 Å². The van der Waals surface area contributed by atoms with E-state index < -0.39 is 17.8 Å². The maximum Gasteiger partial charge on any atom is 0.319 e. The number of benzene rings is 3. The van der Waals surface area contributed by atoms with Crippen molar-refractivity contribution >= 4 is 27.5 Å². The van der Waals surface area contributed by atoms with Crippen molar-refractivity contribution in [3.05, 3.63) is 54.1 Å². The number of fused-ring (bicyclic) bond motifs is 4. The molecule has 3 aromatic carbocycles. The first-order valence-corrected chi connectivity index (χ1v) is 13.2. The Labute approximate surface area is 223 Å². The number of alkyl halides is 1. The molecule has 10 heteroatoms. The minimum Gasteiger partial charge on any atom is -0.508 e. The van der Waals surface area contributed by atoms with Crippen molar-refractivity contribution in [2.45, 2.75) is 37.1 Å². The average molecular weight is 536 g/mol. The Balaban J connectivity index is 1.37. The Bertz CT molecular complexity index is 1590. The SMILES string of the molecule is CN1C[C@H](F)C[C@H]1COc1nc(N2C[C@H]3C[C@@H](C2)N3)c2cc(F)c(-c3cc(O)cc4ccccc34)c(F)c2n1. The van der Waals surface area contributed by atoms with Gasteiger partial charge < -0.3 is 20.1 Å². The van der Waals surface area contributed by atoms with Gasteiger partial charge in [-0.1, -0.05) is 24.3 Å². The van der Waals surface area contributed by atoms with Crippen LogP contribution >= 0.6 is 0 Å². The van der Waals surface area contributed by atoms with Gasteiger partial charge in [0.2, 0.25) is 0 Å². The van der Waals surface area contributed by atoms with Crippen molar-refractivity contribution in [3.8, 4) is 22.9 Å². The number of likely N-dealkylation sites (tertiary alicyclic amines) is 1. The van der Waals surface area contributed by atoms with E-state index in [1.54, 1.807) is 30.3 Å².